The molecule has 0 amide bonds. The van der Waals surface area contributed by atoms with Gasteiger partial charge in [-0.25, -0.2) is 0 Å². The van der Waals surface area contributed by atoms with E-state index in [1.165, 1.54) is 19.4 Å². The van der Waals surface area contributed by atoms with Crippen LogP contribution < -0.4 is 10.6 Å². The number of rotatable bonds is 0. The van der Waals surface area contributed by atoms with Crippen LogP contribution in [0.3, 0.4) is 0 Å². The van der Waals surface area contributed by atoms with Gasteiger partial charge in [0, 0.05) is 24.4 Å². The van der Waals surface area contributed by atoms with Crippen LogP contribution in [0.2, 0.25) is 0 Å². The largest absolute Gasteiger partial charge is 0.312 e. The molecule has 2 aliphatic rings. The maximum Gasteiger partial charge on any atom is 0.0775 e. The minimum absolute atomic E-state index is 0.381. The van der Waals surface area contributed by atoms with Crippen molar-refractivity contribution in [3.8, 4) is 0 Å². The van der Waals surface area contributed by atoms with Crippen molar-refractivity contribution >= 4 is 11.8 Å². The summed E-state index contributed by atoms with van der Waals surface area (Å²) in [5.74, 6) is 0. The Morgan fingerprint density at radius 2 is 2.25 bits per heavy atom. The monoisotopic (exact) mass is 186 g/mol. The fourth-order valence-corrected chi connectivity index (χ4v) is 3.53. The van der Waals surface area contributed by atoms with Crippen LogP contribution in [0.5, 0.6) is 0 Å². The van der Waals surface area contributed by atoms with Gasteiger partial charge in [0.2, 0.25) is 0 Å². The van der Waals surface area contributed by atoms with Gasteiger partial charge in [0.25, 0.3) is 0 Å². The Balaban J connectivity index is 1.95. The van der Waals surface area contributed by atoms with Crippen LogP contribution in [0.1, 0.15) is 26.7 Å². The second kappa shape index (κ2) is 3.20. The molecule has 2 N–H and O–H groups in total. The fraction of sp³-hybridized carbons (Fsp3) is 1.00. The summed E-state index contributed by atoms with van der Waals surface area (Å²) in [6, 6.07) is 0.717. The van der Waals surface area contributed by atoms with Crippen molar-refractivity contribution in [2.75, 3.05) is 13.1 Å². The van der Waals surface area contributed by atoms with Crippen LogP contribution >= 0.6 is 11.8 Å². The highest BCUT2D eigenvalue weighted by atomic mass is 32.2. The molecule has 0 aliphatic carbocycles. The SMILES string of the molecule is CC1CCC2(CN1)NCC(C)S2. The van der Waals surface area contributed by atoms with Gasteiger partial charge in [-0.1, -0.05) is 6.92 Å². The highest BCUT2D eigenvalue weighted by molar-refractivity contribution is 8.01. The van der Waals surface area contributed by atoms with Crippen LogP contribution in [-0.2, 0) is 0 Å². The van der Waals surface area contributed by atoms with E-state index in [4.69, 9.17) is 0 Å². The molecular formula is C9H18N2S. The zero-order valence-corrected chi connectivity index (χ0v) is 8.71. The average Bonchev–Trinajstić information content (AvgIpc) is 2.40. The normalized spacial score (nSPS) is 48.5. The van der Waals surface area contributed by atoms with Crippen LogP contribution in [0.25, 0.3) is 0 Å². The quantitative estimate of drug-likeness (QED) is 0.594. The molecule has 2 nitrogen and oxygen atoms in total. The first kappa shape index (κ1) is 8.85. The predicted molar refractivity (Wildman–Crippen MR) is 54.5 cm³/mol. The molecule has 0 radical (unpaired) electrons. The van der Waals surface area contributed by atoms with E-state index < -0.39 is 0 Å². The van der Waals surface area contributed by atoms with Crippen LogP contribution in [-0.4, -0.2) is 29.3 Å². The lowest BCUT2D eigenvalue weighted by Crippen LogP contribution is -2.52. The minimum Gasteiger partial charge on any atom is -0.312 e. The van der Waals surface area contributed by atoms with Gasteiger partial charge in [-0.15, -0.1) is 11.8 Å². The molecule has 2 fully saturated rings. The molecule has 1 spiro atoms. The molecule has 3 heteroatoms. The lowest BCUT2D eigenvalue weighted by atomic mass is 10.0. The Labute approximate surface area is 78.9 Å². The average molecular weight is 186 g/mol. The predicted octanol–water partition coefficient (Wildman–Crippen LogP) is 1.18. The van der Waals surface area contributed by atoms with Gasteiger partial charge in [0.15, 0.2) is 0 Å². The van der Waals surface area contributed by atoms with Gasteiger partial charge >= 0.3 is 0 Å². The smallest absolute Gasteiger partial charge is 0.0775 e. The summed E-state index contributed by atoms with van der Waals surface area (Å²) in [4.78, 5) is 0.381. The number of hydrogen-bond acceptors (Lipinski definition) is 3. The fourth-order valence-electron chi connectivity index (χ4n) is 2.03. The molecule has 3 unspecified atom stereocenters. The van der Waals surface area contributed by atoms with Crippen LogP contribution in [0.4, 0.5) is 0 Å². The summed E-state index contributed by atoms with van der Waals surface area (Å²) < 4.78 is 0. The van der Waals surface area contributed by atoms with E-state index in [1.807, 2.05) is 0 Å². The molecule has 0 bridgehead atoms. The van der Waals surface area contributed by atoms with Gasteiger partial charge in [-0.3, -0.25) is 0 Å². The topological polar surface area (TPSA) is 24.1 Å². The summed E-state index contributed by atoms with van der Waals surface area (Å²) in [7, 11) is 0. The molecule has 3 atom stereocenters. The summed E-state index contributed by atoms with van der Waals surface area (Å²) in [6.45, 7) is 6.91. The lowest BCUT2D eigenvalue weighted by molar-refractivity contribution is 0.323. The van der Waals surface area contributed by atoms with Gasteiger partial charge < -0.3 is 10.6 Å². The Morgan fingerprint density at radius 1 is 1.42 bits per heavy atom. The number of piperidine rings is 1. The van der Waals surface area contributed by atoms with E-state index in [0.29, 0.717) is 10.9 Å². The molecule has 0 aromatic carbocycles. The van der Waals surface area contributed by atoms with Gasteiger partial charge in [0.05, 0.1) is 4.87 Å². The van der Waals surface area contributed by atoms with Crippen LogP contribution in [0, 0.1) is 0 Å². The van der Waals surface area contributed by atoms with E-state index in [2.05, 4.69) is 36.2 Å². The van der Waals surface area contributed by atoms with Crippen molar-refractivity contribution in [1.29, 1.82) is 0 Å². The van der Waals surface area contributed by atoms with Crippen molar-refractivity contribution in [3.63, 3.8) is 0 Å². The molecule has 0 aromatic heterocycles. The standard InChI is InChI=1S/C9H18N2S/c1-7-3-4-9(6-10-7)11-5-8(2)12-9/h7-8,10-11H,3-6H2,1-2H3. The highest BCUT2D eigenvalue weighted by Crippen LogP contribution is 2.38. The van der Waals surface area contributed by atoms with Crippen LogP contribution in [0.15, 0.2) is 0 Å². The molecule has 2 aliphatic heterocycles. The van der Waals surface area contributed by atoms with Crippen molar-refractivity contribution < 1.29 is 0 Å². The Hall–Kier alpha value is 0.270. The van der Waals surface area contributed by atoms with E-state index >= 15 is 0 Å². The summed E-state index contributed by atoms with van der Waals surface area (Å²) in [5.41, 5.74) is 0. The molecule has 70 valence electrons. The molecule has 2 heterocycles. The lowest BCUT2D eigenvalue weighted by Gasteiger charge is -2.36. The molecule has 12 heavy (non-hydrogen) atoms. The molecule has 0 saturated carbocycles. The maximum atomic E-state index is 3.64. The van der Waals surface area contributed by atoms with Gasteiger partial charge in [0.1, 0.15) is 0 Å². The third-order valence-electron chi connectivity index (χ3n) is 2.86. The van der Waals surface area contributed by atoms with Crippen molar-refractivity contribution in [3.05, 3.63) is 0 Å². The maximum absolute atomic E-state index is 3.64. The summed E-state index contributed by atoms with van der Waals surface area (Å²) >= 11 is 2.12. The third-order valence-corrected chi connectivity index (χ3v) is 4.37. The van der Waals surface area contributed by atoms with E-state index in [0.717, 1.165) is 11.8 Å². The first-order valence-electron chi connectivity index (χ1n) is 4.86. The highest BCUT2D eigenvalue weighted by Gasteiger charge is 2.39. The van der Waals surface area contributed by atoms with E-state index in [9.17, 15) is 0 Å². The summed E-state index contributed by atoms with van der Waals surface area (Å²) in [5, 5.41) is 7.99. The summed E-state index contributed by atoms with van der Waals surface area (Å²) in [6.07, 6.45) is 2.64. The number of thioether (sulfide) groups is 1. The second-order valence-electron chi connectivity index (χ2n) is 4.12. The first-order chi connectivity index (χ1) is 5.70. The van der Waals surface area contributed by atoms with Gasteiger partial charge in [-0.2, -0.15) is 0 Å². The van der Waals surface area contributed by atoms with Crippen molar-refractivity contribution in [2.24, 2.45) is 0 Å². The van der Waals surface area contributed by atoms with E-state index in [-0.39, 0.29) is 0 Å². The van der Waals surface area contributed by atoms with Crippen molar-refractivity contribution in [1.82, 2.24) is 10.6 Å². The Kier molecular flexibility index (Phi) is 2.36. The third kappa shape index (κ3) is 1.63. The zero-order valence-electron chi connectivity index (χ0n) is 7.89. The Bertz CT molecular complexity index is 164. The minimum atomic E-state index is 0.381. The zero-order chi connectivity index (χ0) is 8.60. The number of nitrogens with one attached hydrogen (secondary N) is 2. The Morgan fingerprint density at radius 3 is 2.75 bits per heavy atom. The number of hydrogen-bond donors (Lipinski definition) is 2. The first-order valence-corrected chi connectivity index (χ1v) is 5.74. The van der Waals surface area contributed by atoms with E-state index in [1.54, 1.807) is 0 Å². The molecule has 2 rings (SSSR count). The molecule has 2 saturated heterocycles. The molecular weight excluding hydrogens is 168 g/mol. The van der Waals surface area contributed by atoms with Crippen molar-refractivity contribution in [2.45, 2.75) is 42.9 Å². The molecule has 0 aromatic rings. The van der Waals surface area contributed by atoms with Gasteiger partial charge in [-0.05, 0) is 19.8 Å². The second-order valence-corrected chi connectivity index (χ2v) is 5.95.